The van der Waals surface area contributed by atoms with E-state index in [2.05, 4.69) is 21.7 Å². The van der Waals surface area contributed by atoms with Crippen LogP contribution in [0.1, 0.15) is 70.9 Å². The molecule has 6 aromatic rings. The summed E-state index contributed by atoms with van der Waals surface area (Å²) in [4.78, 5) is 31.8. The second-order valence-electron chi connectivity index (χ2n) is 17.3. The fourth-order valence-corrected chi connectivity index (χ4v) is 11.0. The fourth-order valence-electron chi connectivity index (χ4n) is 8.92. The number of anilines is 1. The van der Waals surface area contributed by atoms with E-state index in [0.717, 1.165) is 52.2 Å². The molecule has 348 valence electrons. The van der Waals surface area contributed by atoms with E-state index in [1.165, 1.54) is 6.07 Å². The maximum atomic E-state index is 14.9. The van der Waals surface area contributed by atoms with Crippen LogP contribution >= 0.6 is 23.2 Å². The van der Waals surface area contributed by atoms with Crippen molar-refractivity contribution in [2.75, 3.05) is 11.9 Å². The lowest BCUT2D eigenvalue weighted by atomic mass is 9.93. The number of nitrogens with zero attached hydrogens (tertiary/aromatic N) is 3. The first-order valence-corrected chi connectivity index (χ1v) is 24.5. The minimum Gasteiger partial charge on any atom is -0.489 e. The van der Waals surface area contributed by atoms with Gasteiger partial charge in [0.2, 0.25) is 15.9 Å². The zero-order chi connectivity index (χ0) is 47.5. The van der Waals surface area contributed by atoms with E-state index in [0.29, 0.717) is 62.0 Å². The summed E-state index contributed by atoms with van der Waals surface area (Å²) in [6.07, 6.45) is 3.64. The van der Waals surface area contributed by atoms with Gasteiger partial charge in [0.15, 0.2) is 17.6 Å². The van der Waals surface area contributed by atoms with Crippen molar-refractivity contribution in [2.24, 2.45) is 0 Å². The SMILES string of the molecule is Cc1nc(NC2CCCC2)ccc1S(=O)(=O)N1Cc2cc3c(cc2CC1C(=O)NC(Cc1ccc(-c2ccc(C#N)cc2)cc1)C(=O)O)OCC(c1ccc(OCc2ccc(Cl)c(Cl)c2)cc1)O3. The quantitative estimate of drug-likeness (QED) is 0.0946. The number of aliphatic carboxylic acids is 1. The number of amides is 1. The number of benzene rings is 5. The Hall–Kier alpha value is -6.63. The van der Waals surface area contributed by atoms with Crippen LogP contribution in [0, 0.1) is 18.3 Å². The van der Waals surface area contributed by atoms with Crippen molar-refractivity contribution >= 4 is 50.9 Å². The van der Waals surface area contributed by atoms with Gasteiger partial charge in [-0.2, -0.15) is 9.57 Å². The third-order valence-electron chi connectivity index (χ3n) is 12.6. The predicted molar refractivity (Wildman–Crippen MR) is 257 cm³/mol. The van der Waals surface area contributed by atoms with Crippen LogP contribution in [-0.2, 0) is 45.6 Å². The van der Waals surface area contributed by atoms with Crippen molar-refractivity contribution in [3.8, 4) is 34.4 Å². The van der Waals surface area contributed by atoms with Crippen LogP contribution in [0.15, 0.2) is 120 Å². The predicted octanol–water partition coefficient (Wildman–Crippen LogP) is 9.61. The zero-order valence-corrected chi connectivity index (χ0v) is 39.3. The number of hydrogen-bond acceptors (Lipinski definition) is 10. The van der Waals surface area contributed by atoms with E-state index in [1.54, 1.807) is 61.5 Å². The summed E-state index contributed by atoms with van der Waals surface area (Å²) < 4.78 is 49.6. The molecule has 1 saturated carbocycles. The molecule has 0 saturated heterocycles. The fraction of sp³-hybridized carbons (Fsp3) is 0.269. The maximum absolute atomic E-state index is 14.9. The van der Waals surface area contributed by atoms with E-state index < -0.39 is 40.1 Å². The van der Waals surface area contributed by atoms with Gasteiger partial charge in [0, 0.05) is 19.0 Å². The molecule has 3 aliphatic rings. The Labute approximate surface area is 404 Å². The molecule has 5 aromatic carbocycles. The smallest absolute Gasteiger partial charge is 0.326 e. The Morgan fingerprint density at radius 2 is 1.57 bits per heavy atom. The van der Waals surface area contributed by atoms with Crippen molar-refractivity contribution in [2.45, 2.75) is 87.7 Å². The number of fused-ring (bicyclic) bond motifs is 2. The third-order valence-corrected chi connectivity index (χ3v) is 15.4. The number of rotatable bonds is 14. The highest BCUT2D eigenvalue weighted by atomic mass is 35.5. The molecule has 68 heavy (non-hydrogen) atoms. The van der Waals surface area contributed by atoms with E-state index in [-0.39, 0.29) is 42.6 Å². The summed E-state index contributed by atoms with van der Waals surface area (Å²) in [5.74, 6) is 0.0347. The summed E-state index contributed by atoms with van der Waals surface area (Å²) >= 11 is 12.2. The average Bonchev–Trinajstić information content (AvgIpc) is 3.86. The van der Waals surface area contributed by atoms with E-state index in [4.69, 9.17) is 42.7 Å². The highest BCUT2D eigenvalue weighted by Crippen LogP contribution is 2.42. The lowest BCUT2D eigenvalue weighted by molar-refractivity contribution is -0.142. The Morgan fingerprint density at radius 3 is 2.25 bits per heavy atom. The Bertz CT molecular complexity index is 3010. The summed E-state index contributed by atoms with van der Waals surface area (Å²) in [5, 5.41) is 26.6. The molecule has 1 fully saturated rings. The summed E-state index contributed by atoms with van der Waals surface area (Å²) in [5.41, 5.74) is 6.17. The number of hydrogen-bond donors (Lipinski definition) is 3. The second-order valence-corrected chi connectivity index (χ2v) is 19.9. The highest BCUT2D eigenvalue weighted by molar-refractivity contribution is 7.89. The molecule has 0 bridgehead atoms. The van der Waals surface area contributed by atoms with E-state index >= 15 is 0 Å². The number of carboxylic acid groups (broad SMARTS) is 1. The van der Waals surface area contributed by atoms with Gasteiger partial charge in [-0.05, 0) is 126 Å². The van der Waals surface area contributed by atoms with Crippen LogP contribution < -0.4 is 24.8 Å². The van der Waals surface area contributed by atoms with E-state index in [9.17, 15) is 23.1 Å². The zero-order valence-electron chi connectivity index (χ0n) is 37.0. The molecule has 2 aliphatic heterocycles. The number of nitriles is 1. The van der Waals surface area contributed by atoms with Gasteiger partial charge in [-0.1, -0.05) is 90.6 Å². The van der Waals surface area contributed by atoms with E-state index in [1.807, 2.05) is 54.6 Å². The van der Waals surface area contributed by atoms with Crippen LogP contribution in [0.2, 0.25) is 10.0 Å². The third kappa shape index (κ3) is 10.3. The maximum Gasteiger partial charge on any atom is 0.326 e. The lowest BCUT2D eigenvalue weighted by Crippen LogP contribution is -2.55. The monoisotopic (exact) mass is 971 g/mol. The molecule has 3 heterocycles. The molecule has 3 unspecified atom stereocenters. The van der Waals surface area contributed by atoms with Crippen LogP contribution in [0.5, 0.6) is 17.2 Å². The Kier molecular flexibility index (Phi) is 13.6. The molecule has 0 radical (unpaired) electrons. The number of halogens is 2. The van der Waals surface area contributed by atoms with Gasteiger partial charge < -0.3 is 30.0 Å². The number of pyridine rings is 1. The number of sulfonamides is 1. The Balaban J connectivity index is 0.954. The first kappa shape index (κ1) is 46.5. The second kappa shape index (κ2) is 19.9. The van der Waals surface area contributed by atoms with Crippen molar-refractivity contribution in [1.82, 2.24) is 14.6 Å². The van der Waals surface area contributed by atoms with Gasteiger partial charge in [-0.25, -0.2) is 18.2 Å². The summed E-state index contributed by atoms with van der Waals surface area (Å²) in [7, 11) is -4.41. The number of carbonyl (C=O) groups is 2. The van der Waals surface area contributed by atoms with Gasteiger partial charge >= 0.3 is 5.97 Å². The molecule has 9 rings (SSSR count). The molecular formula is C52H47Cl2N5O8S. The first-order valence-electron chi connectivity index (χ1n) is 22.3. The highest BCUT2D eigenvalue weighted by Gasteiger charge is 2.42. The van der Waals surface area contributed by atoms with Crippen molar-refractivity contribution in [3.05, 3.63) is 164 Å². The number of nitrogens with one attached hydrogen (secondary N) is 2. The number of carboxylic acids is 1. The van der Waals surface area contributed by atoms with Crippen molar-refractivity contribution in [1.29, 1.82) is 5.26 Å². The molecule has 3 N–H and O–H groups in total. The van der Waals surface area contributed by atoms with Gasteiger partial charge in [0.1, 0.15) is 41.8 Å². The molecule has 1 aromatic heterocycles. The van der Waals surface area contributed by atoms with Crippen LogP contribution in [-0.4, -0.2) is 59.4 Å². The molecule has 0 spiro atoms. The lowest BCUT2D eigenvalue weighted by Gasteiger charge is -2.37. The van der Waals surface area contributed by atoms with Crippen LogP contribution in [0.25, 0.3) is 11.1 Å². The van der Waals surface area contributed by atoms with Gasteiger partial charge in [0.25, 0.3) is 0 Å². The molecule has 1 amide bonds. The minimum atomic E-state index is -4.41. The number of aryl methyl sites for hydroxylation is 1. The normalized spacial score (nSPS) is 17.4. The Morgan fingerprint density at radius 1 is 0.882 bits per heavy atom. The van der Waals surface area contributed by atoms with Gasteiger partial charge in [0.05, 0.1) is 27.4 Å². The van der Waals surface area contributed by atoms with Crippen molar-refractivity contribution in [3.63, 3.8) is 0 Å². The molecule has 16 heteroatoms. The largest absolute Gasteiger partial charge is 0.489 e. The van der Waals surface area contributed by atoms with Crippen LogP contribution in [0.4, 0.5) is 5.82 Å². The number of aromatic nitrogens is 1. The number of ether oxygens (including phenoxy) is 3. The standard InChI is InChI=1S/C52H47Cl2N5O8S/c1-31-49(20-21-50(56-31)57-40-4-2-3-5-40)68(63,64)59-28-39-26-47-46(66-30-48(67-47)37-15-17-41(18-16-37)65-29-34-10-19-42(53)43(54)22-34)25-38(39)24-45(59)51(60)58-44(52(61)62)23-32-6-11-35(12-7-32)36-13-8-33(27-55)9-14-36/h6-22,25-26,40,44-45,48H,2-5,23-24,28-30H2,1H3,(H,56,57)(H,58,60)(H,61,62). The summed E-state index contributed by atoms with van der Waals surface area (Å²) in [6.45, 7) is 1.90. The summed E-state index contributed by atoms with van der Waals surface area (Å²) in [6, 6.07) is 33.5. The average molecular weight is 973 g/mol. The number of carbonyl (C=O) groups excluding carboxylic acids is 1. The first-order chi connectivity index (χ1) is 32.8. The molecule has 3 atom stereocenters. The molecule has 1 aliphatic carbocycles. The molecule has 13 nitrogen and oxygen atoms in total. The van der Waals surface area contributed by atoms with Crippen LogP contribution in [0.3, 0.4) is 0 Å². The minimum absolute atomic E-state index is 0.0579. The van der Waals surface area contributed by atoms with Gasteiger partial charge in [-0.15, -0.1) is 0 Å². The van der Waals surface area contributed by atoms with Gasteiger partial charge in [-0.3, -0.25) is 4.79 Å². The topological polar surface area (TPSA) is 180 Å². The molecular weight excluding hydrogens is 926 g/mol. The van der Waals surface area contributed by atoms with Crippen molar-refractivity contribution < 1.29 is 37.3 Å².